The normalized spacial score (nSPS) is 14.2. The van der Waals surface area contributed by atoms with E-state index < -0.39 is 0 Å². The van der Waals surface area contributed by atoms with Crippen molar-refractivity contribution >= 4 is 35.0 Å². The molecule has 7 nitrogen and oxygen atoms in total. The number of benzene rings is 3. The van der Waals surface area contributed by atoms with Crippen LogP contribution in [0.5, 0.6) is 11.5 Å². The summed E-state index contributed by atoms with van der Waals surface area (Å²) >= 11 is 0. The van der Waals surface area contributed by atoms with Gasteiger partial charge in [0.15, 0.2) is 18.1 Å². The van der Waals surface area contributed by atoms with Crippen LogP contribution in [0.3, 0.4) is 0 Å². The number of aryl methyl sites for hydroxylation is 2. The van der Waals surface area contributed by atoms with Crippen LogP contribution in [0, 0.1) is 13.8 Å². The molecule has 0 spiro atoms. The summed E-state index contributed by atoms with van der Waals surface area (Å²) in [5, 5.41) is 8.63. The van der Waals surface area contributed by atoms with Crippen LogP contribution >= 0.6 is 0 Å². The minimum absolute atomic E-state index is 0.167. The Balaban J connectivity index is 1.45. The number of amides is 2. The summed E-state index contributed by atoms with van der Waals surface area (Å²) in [6.07, 6.45) is 1.77. The van der Waals surface area contributed by atoms with Crippen molar-refractivity contribution < 1.29 is 19.1 Å². The van der Waals surface area contributed by atoms with Crippen LogP contribution in [-0.4, -0.2) is 31.2 Å². The van der Waals surface area contributed by atoms with E-state index in [9.17, 15) is 9.59 Å². The highest BCUT2D eigenvalue weighted by Crippen LogP contribution is 2.30. The SMILES string of the molecule is COc1cc(/C=C2\C(=O)N(c3ccccc3)N=C2C)ccc1OCC(=O)Nc1ccc(C)c(C)c1. The van der Waals surface area contributed by atoms with Gasteiger partial charge in [-0.3, -0.25) is 9.59 Å². The first-order valence-corrected chi connectivity index (χ1v) is 11.2. The van der Waals surface area contributed by atoms with E-state index in [4.69, 9.17) is 9.47 Å². The number of ether oxygens (including phenoxy) is 2. The van der Waals surface area contributed by atoms with Crippen LogP contribution in [0.2, 0.25) is 0 Å². The van der Waals surface area contributed by atoms with Gasteiger partial charge in [0.25, 0.3) is 11.8 Å². The third-order valence-electron chi connectivity index (χ3n) is 5.71. The summed E-state index contributed by atoms with van der Waals surface area (Å²) in [5.74, 6) is 0.416. The number of hydrazone groups is 1. The lowest BCUT2D eigenvalue weighted by Gasteiger charge is -2.13. The number of nitrogens with zero attached hydrogens (tertiary/aromatic N) is 2. The Morgan fingerprint density at radius 2 is 1.74 bits per heavy atom. The first-order valence-electron chi connectivity index (χ1n) is 11.2. The Bertz CT molecular complexity index is 1330. The molecule has 3 aromatic rings. The molecule has 0 radical (unpaired) electrons. The number of methoxy groups -OCH3 is 1. The second-order valence-electron chi connectivity index (χ2n) is 8.24. The first kappa shape index (κ1) is 23.8. The largest absolute Gasteiger partial charge is 0.493 e. The van der Waals surface area contributed by atoms with Crippen molar-refractivity contribution in [1.29, 1.82) is 0 Å². The molecule has 2 amide bonds. The van der Waals surface area contributed by atoms with Crippen molar-refractivity contribution in [2.24, 2.45) is 5.10 Å². The minimum Gasteiger partial charge on any atom is -0.493 e. The Kier molecular flexibility index (Phi) is 6.96. The summed E-state index contributed by atoms with van der Waals surface area (Å²) in [4.78, 5) is 25.3. The maximum absolute atomic E-state index is 13.0. The van der Waals surface area contributed by atoms with E-state index in [0.29, 0.717) is 28.5 Å². The van der Waals surface area contributed by atoms with Gasteiger partial charge in [0.2, 0.25) is 0 Å². The molecular formula is C28H27N3O4. The quantitative estimate of drug-likeness (QED) is 0.486. The zero-order valence-electron chi connectivity index (χ0n) is 20.2. The summed E-state index contributed by atoms with van der Waals surface area (Å²) < 4.78 is 11.2. The molecule has 0 atom stereocenters. The molecule has 0 aliphatic carbocycles. The van der Waals surface area contributed by atoms with Crippen molar-refractivity contribution in [3.05, 3.63) is 89.0 Å². The maximum Gasteiger partial charge on any atom is 0.280 e. The highest BCUT2D eigenvalue weighted by atomic mass is 16.5. The fourth-order valence-corrected chi connectivity index (χ4v) is 3.65. The van der Waals surface area contributed by atoms with Crippen molar-refractivity contribution in [2.45, 2.75) is 20.8 Å². The Labute approximate surface area is 204 Å². The molecular weight excluding hydrogens is 442 g/mol. The van der Waals surface area contributed by atoms with Crippen molar-refractivity contribution in [3.63, 3.8) is 0 Å². The molecule has 7 heteroatoms. The number of carbonyl (C=O) groups is 2. The number of rotatable bonds is 7. The summed E-state index contributed by atoms with van der Waals surface area (Å²) in [5.41, 5.74) is 5.56. The monoisotopic (exact) mass is 469 g/mol. The third-order valence-corrected chi connectivity index (χ3v) is 5.71. The van der Waals surface area contributed by atoms with Gasteiger partial charge in [0.1, 0.15) is 0 Å². The lowest BCUT2D eigenvalue weighted by molar-refractivity contribution is -0.118. The van der Waals surface area contributed by atoms with Gasteiger partial charge in [-0.1, -0.05) is 30.3 Å². The summed E-state index contributed by atoms with van der Waals surface area (Å²) in [7, 11) is 1.53. The predicted octanol–water partition coefficient (Wildman–Crippen LogP) is 5.14. The Hall–Kier alpha value is -4.39. The molecule has 0 saturated heterocycles. The lowest BCUT2D eigenvalue weighted by Crippen LogP contribution is -2.21. The number of carbonyl (C=O) groups excluding carboxylic acids is 2. The molecule has 0 aromatic heterocycles. The number of nitrogens with one attached hydrogen (secondary N) is 1. The molecule has 35 heavy (non-hydrogen) atoms. The second kappa shape index (κ2) is 10.3. The smallest absolute Gasteiger partial charge is 0.280 e. The second-order valence-corrected chi connectivity index (χ2v) is 8.24. The van der Waals surface area contributed by atoms with Gasteiger partial charge in [-0.05, 0) is 79.9 Å². The molecule has 3 aromatic carbocycles. The van der Waals surface area contributed by atoms with E-state index in [0.717, 1.165) is 22.4 Å². The molecule has 1 N–H and O–H groups in total. The van der Waals surface area contributed by atoms with Gasteiger partial charge in [0, 0.05) is 5.69 Å². The van der Waals surface area contributed by atoms with E-state index >= 15 is 0 Å². The third kappa shape index (κ3) is 5.41. The zero-order chi connectivity index (χ0) is 24.9. The Morgan fingerprint density at radius 1 is 0.971 bits per heavy atom. The minimum atomic E-state index is -0.272. The number of hydrogen-bond donors (Lipinski definition) is 1. The number of para-hydroxylation sites is 1. The van der Waals surface area contributed by atoms with E-state index in [1.165, 1.54) is 12.1 Å². The number of anilines is 2. The topological polar surface area (TPSA) is 80.2 Å². The van der Waals surface area contributed by atoms with Crippen LogP contribution in [0.4, 0.5) is 11.4 Å². The standard InChI is InChI=1S/C28H27N3O4/c1-18-10-12-22(14-19(18)2)29-27(32)17-35-25-13-11-21(16-26(25)34-4)15-24-20(3)30-31(28(24)33)23-8-6-5-7-9-23/h5-16H,17H2,1-4H3,(H,29,32)/b24-15-. The molecule has 178 valence electrons. The van der Waals surface area contributed by atoms with E-state index in [-0.39, 0.29) is 18.4 Å². The molecule has 1 heterocycles. The molecule has 4 rings (SSSR count). The van der Waals surface area contributed by atoms with Gasteiger partial charge in [-0.2, -0.15) is 10.1 Å². The molecule has 1 aliphatic rings. The lowest BCUT2D eigenvalue weighted by atomic mass is 10.1. The average molecular weight is 470 g/mol. The van der Waals surface area contributed by atoms with Crippen LogP contribution in [0.25, 0.3) is 6.08 Å². The maximum atomic E-state index is 13.0. The zero-order valence-corrected chi connectivity index (χ0v) is 20.2. The number of hydrogen-bond acceptors (Lipinski definition) is 5. The van der Waals surface area contributed by atoms with Gasteiger partial charge < -0.3 is 14.8 Å². The molecule has 0 saturated carbocycles. The van der Waals surface area contributed by atoms with Crippen LogP contribution in [0.15, 0.2) is 77.4 Å². The van der Waals surface area contributed by atoms with Gasteiger partial charge in [-0.25, -0.2) is 0 Å². The van der Waals surface area contributed by atoms with Crippen LogP contribution < -0.4 is 19.8 Å². The van der Waals surface area contributed by atoms with Gasteiger partial charge in [-0.15, -0.1) is 0 Å². The van der Waals surface area contributed by atoms with Crippen LogP contribution in [0.1, 0.15) is 23.6 Å². The van der Waals surface area contributed by atoms with Crippen LogP contribution in [-0.2, 0) is 9.59 Å². The molecule has 0 fully saturated rings. The van der Waals surface area contributed by atoms with E-state index in [1.807, 2.05) is 62.4 Å². The predicted molar refractivity (Wildman–Crippen MR) is 138 cm³/mol. The van der Waals surface area contributed by atoms with E-state index in [2.05, 4.69) is 10.4 Å². The van der Waals surface area contributed by atoms with Crippen molar-refractivity contribution in [3.8, 4) is 11.5 Å². The Morgan fingerprint density at radius 3 is 2.46 bits per heavy atom. The fraction of sp³-hybridized carbons (Fsp3) is 0.179. The molecule has 0 unspecified atom stereocenters. The highest BCUT2D eigenvalue weighted by Gasteiger charge is 2.28. The van der Waals surface area contributed by atoms with Gasteiger partial charge >= 0.3 is 0 Å². The fourth-order valence-electron chi connectivity index (χ4n) is 3.65. The van der Waals surface area contributed by atoms with E-state index in [1.54, 1.807) is 31.2 Å². The first-order chi connectivity index (χ1) is 16.9. The van der Waals surface area contributed by atoms with Crippen molar-refractivity contribution in [1.82, 2.24) is 0 Å². The molecule has 1 aliphatic heterocycles. The average Bonchev–Trinajstić information content (AvgIpc) is 3.14. The highest BCUT2D eigenvalue weighted by molar-refractivity contribution is 6.32. The van der Waals surface area contributed by atoms with Gasteiger partial charge in [0.05, 0.1) is 24.1 Å². The van der Waals surface area contributed by atoms with Crippen molar-refractivity contribution in [2.75, 3.05) is 24.0 Å². The summed E-state index contributed by atoms with van der Waals surface area (Å²) in [6.45, 7) is 5.65. The molecule has 0 bridgehead atoms. The summed E-state index contributed by atoms with van der Waals surface area (Å²) in [6, 6.07) is 20.3.